The van der Waals surface area contributed by atoms with Crippen LogP contribution in [0.1, 0.15) is 35.6 Å². The molecule has 1 aromatic carbocycles. The summed E-state index contributed by atoms with van der Waals surface area (Å²) in [6, 6.07) is 7.33. The number of ether oxygens (including phenoxy) is 1. The van der Waals surface area contributed by atoms with Crippen LogP contribution in [0.5, 0.6) is 0 Å². The lowest BCUT2D eigenvalue weighted by Crippen LogP contribution is -2.21. The van der Waals surface area contributed by atoms with Crippen LogP contribution in [0.15, 0.2) is 31.0 Å². The van der Waals surface area contributed by atoms with E-state index in [9.17, 15) is 0 Å². The van der Waals surface area contributed by atoms with Crippen molar-refractivity contribution in [1.82, 2.24) is 5.32 Å². The summed E-state index contributed by atoms with van der Waals surface area (Å²) in [6.45, 7) is 7.45. The fourth-order valence-electron chi connectivity index (χ4n) is 2.45. The highest BCUT2D eigenvalue weighted by atomic mass is 16.5. The van der Waals surface area contributed by atoms with E-state index in [1.165, 1.54) is 35.8 Å². The van der Waals surface area contributed by atoms with E-state index >= 15 is 0 Å². The molecule has 1 aliphatic carbocycles. The average molecular weight is 231 g/mol. The van der Waals surface area contributed by atoms with Crippen LogP contribution < -0.4 is 5.32 Å². The van der Waals surface area contributed by atoms with Gasteiger partial charge in [-0.05, 0) is 43.9 Å². The van der Waals surface area contributed by atoms with Crippen molar-refractivity contribution in [3.8, 4) is 0 Å². The van der Waals surface area contributed by atoms with Gasteiger partial charge in [-0.3, -0.25) is 0 Å². The number of fused-ring (bicyclic) bond motifs is 1. The molecule has 0 spiro atoms. The minimum absolute atomic E-state index is 0.536. The van der Waals surface area contributed by atoms with Crippen molar-refractivity contribution in [3.05, 3.63) is 47.7 Å². The zero-order valence-corrected chi connectivity index (χ0v) is 10.5. The predicted molar refractivity (Wildman–Crippen MR) is 71.0 cm³/mol. The summed E-state index contributed by atoms with van der Waals surface area (Å²) < 4.78 is 5.11. The Labute approximate surface area is 104 Å². The molecule has 1 unspecified atom stereocenters. The Kier molecular flexibility index (Phi) is 4.21. The van der Waals surface area contributed by atoms with E-state index in [0.29, 0.717) is 6.04 Å². The quantitative estimate of drug-likeness (QED) is 0.600. The summed E-state index contributed by atoms with van der Waals surface area (Å²) in [5, 5.41) is 3.61. The van der Waals surface area contributed by atoms with E-state index < -0.39 is 0 Å². The second-order valence-electron chi connectivity index (χ2n) is 4.64. The highest BCUT2D eigenvalue weighted by Gasteiger charge is 2.21. The molecule has 0 amide bonds. The van der Waals surface area contributed by atoms with Crippen molar-refractivity contribution in [2.45, 2.75) is 32.2 Å². The van der Waals surface area contributed by atoms with Crippen LogP contribution in [-0.4, -0.2) is 13.2 Å². The van der Waals surface area contributed by atoms with Crippen molar-refractivity contribution < 1.29 is 4.74 Å². The average Bonchev–Trinajstić information content (AvgIpc) is 2.72. The minimum atomic E-state index is 0.536. The van der Waals surface area contributed by atoms with E-state index in [1.807, 2.05) is 0 Å². The first-order valence-electron chi connectivity index (χ1n) is 6.36. The van der Waals surface area contributed by atoms with Crippen molar-refractivity contribution in [1.29, 1.82) is 0 Å². The lowest BCUT2D eigenvalue weighted by Gasteiger charge is -2.14. The maximum atomic E-state index is 5.11. The molecule has 92 valence electrons. The molecule has 0 aliphatic heterocycles. The molecule has 0 aromatic heterocycles. The molecule has 2 nitrogen and oxygen atoms in total. The molecule has 0 saturated heterocycles. The highest BCUT2D eigenvalue weighted by Crippen LogP contribution is 2.31. The molecule has 17 heavy (non-hydrogen) atoms. The number of nitrogens with one attached hydrogen (secondary N) is 1. The minimum Gasteiger partial charge on any atom is -0.502 e. The summed E-state index contributed by atoms with van der Waals surface area (Å²) in [7, 11) is 0. The Hall–Kier alpha value is -1.28. The SMILES string of the molecule is C=COCCCNC1CCc2ccc(C)cc21. The highest BCUT2D eigenvalue weighted by molar-refractivity contribution is 5.37. The Morgan fingerprint density at radius 2 is 2.41 bits per heavy atom. The van der Waals surface area contributed by atoms with E-state index in [4.69, 9.17) is 4.74 Å². The Bertz CT molecular complexity index is 387. The number of hydrogen-bond donors (Lipinski definition) is 1. The Morgan fingerprint density at radius 3 is 3.24 bits per heavy atom. The van der Waals surface area contributed by atoms with Crippen LogP contribution in [0, 0.1) is 6.92 Å². The van der Waals surface area contributed by atoms with Crippen LogP contribution in [0.3, 0.4) is 0 Å². The van der Waals surface area contributed by atoms with Gasteiger partial charge in [0.25, 0.3) is 0 Å². The first-order valence-corrected chi connectivity index (χ1v) is 6.36. The second-order valence-corrected chi connectivity index (χ2v) is 4.64. The zero-order valence-electron chi connectivity index (χ0n) is 10.5. The molecule has 2 rings (SSSR count). The molecule has 0 fully saturated rings. The maximum Gasteiger partial charge on any atom is 0.0885 e. The summed E-state index contributed by atoms with van der Waals surface area (Å²) in [5.74, 6) is 0. The number of rotatable bonds is 6. The van der Waals surface area contributed by atoms with Crippen molar-refractivity contribution in [3.63, 3.8) is 0 Å². The first-order chi connectivity index (χ1) is 8.31. The van der Waals surface area contributed by atoms with E-state index in [0.717, 1.165) is 19.6 Å². The van der Waals surface area contributed by atoms with Gasteiger partial charge < -0.3 is 10.1 Å². The molecule has 1 aromatic rings. The molecule has 1 atom stereocenters. The van der Waals surface area contributed by atoms with Crippen LogP contribution in [0.4, 0.5) is 0 Å². The lowest BCUT2D eigenvalue weighted by atomic mass is 10.1. The van der Waals surface area contributed by atoms with Crippen molar-refractivity contribution >= 4 is 0 Å². The maximum absolute atomic E-state index is 5.11. The number of aryl methyl sites for hydroxylation is 2. The second kappa shape index (κ2) is 5.87. The summed E-state index contributed by atoms with van der Waals surface area (Å²) in [5.41, 5.74) is 4.36. The topological polar surface area (TPSA) is 21.3 Å². The summed E-state index contributed by atoms with van der Waals surface area (Å²) >= 11 is 0. The van der Waals surface area contributed by atoms with Gasteiger partial charge in [-0.25, -0.2) is 0 Å². The summed E-state index contributed by atoms with van der Waals surface area (Å²) in [6.07, 6.45) is 4.97. The standard InChI is InChI=1S/C15H21NO/c1-3-17-10-4-9-16-15-8-7-13-6-5-12(2)11-14(13)15/h3,5-6,11,15-16H,1,4,7-10H2,2H3. The smallest absolute Gasteiger partial charge is 0.0885 e. The zero-order chi connectivity index (χ0) is 12.1. The van der Waals surface area contributed by atoms with Crippen LogP contribution >= 0.6 is 0 Å². The van der Waals surface area contributed by atoms with E-state index in [-0.39, 0.29) is 0 Å². The molecule has 0 saturated carbocycles. The number of benzene rings is 1. The van der Waals surface area contributed by atoms with Gasteiger partial charge in [0.15, 0.2) is 0 Å². The fraction of sp³-hybridized carbons (Fsp3) is 0.467. The van der Waals surface area contributed by atoms with Crippen LogP contribution in [-0.2, 0) is 11.2 Å². The fourth-order valence-corrected chi connectivity index (χ4v) is 2.45. The third-order valence-electron chi connectivity index (χ3n) is 3.33. The predicted octanol–water partition coefficient (Wildman–Crippen LogP) is 3.12. The molecule has 1 aliphatic rings. The Balaban J connectivity index is 1.84. The molecular weight excluding hydrogens is 210 g/mol. The van der Waals surface area contributed by atoms with Crippen molar-refractivity contribution in [2.24, 2.45) is 0 Å². The van der Waals surface area contributed by atoms with Gasteiger partial charge >= 0.3 is 0 Å². The van der Waals surface area contributed by atoms with E-state index in [1.54, 1.807) is 0 Å². The molecule has 1 N–H and O–H groups in total. The van der Waals surface area contributed by atoms with Gasteiger partial charge in [0, 0.05) is 6.04 Å². The first kappa shape index (κ1) is 12.2. The van der Waals surface area contributed by atoms with E-state index in [2.05, 4.69) is 37.0 Å². The molecule has 0 heterocycles. The largest absolute Gasteiger partial charge is 0.502 e. The molecule has 0 radical (unpaired) electrons. The van der Waals surface area contributed by atoms with Crippen LogP contribution in [0.25, 0.3) is 0 Å². The van der Waals surface area contributed by atoms with Gasteiger partial charge in [0.1, 0.15) is 0 Å². The Morgan fingerprint density at radius 1 is 1.53 bits per heavy atom. The molecule has 0 bridgehead atoms. The van der Waals surface area contributed by atoms with Crippen LogP contribution in [0.2, 0.25) is 0 Å². The monoisotopic (exact) mass is 231 g/mol. The normalized spacial score (nSPS) is 17.8. The molecule has 2 heteroatoms. The third kappa shape index (κ3) is 3.10. The van der Waals surface area contributed by atoms with Crippen molar-refractivity contribution in [2.75, 3.05) is 13.2 Å². The number of hydrogen-bond acceptors (Lipinski definition) is 2. The van der Waals surface area contributed by atoms with Gasteiger partial charge in [0.05, 0.1) is 12.9 Å². The third-order valence-corrected chi connectivity index (χ3v) is 3.33. The van der Waals surface area contributed by atoms with Gasteiger partial charge in [0.2, 0.25) is 0 Å². The molecular formula is C15H21NO. The lowest BCUT2D eigenvalue weighted by molar-refractivity contribution is 0.243. The van der Waals surface area contributed by atoms with Gasteiger partial charge in [-0.2, -0.15) is 0 Å². The summed E-state index contributed by atoms with van der Waals surface area (Å²) in [4.78, 5) is 0. The van der Waals surface area contributed by atoms with Gasteiger partial charge in [-0.15, -0.1) is 0 Å². The van der Waals surface area contributed by atoms with Gasteiger partial charge in [-0.1, -0.05) is 30.3 Å².